The molecular weight excluding hydrogens is 382 g/mol. The van der Waals surface area contributed by atoms with Gasteiger partial charge in [0.1, 0.15) is 6.61 Å². The monoisotopic (exact) mass is 405 g/mol. The molecule has 0 saturated carbocycles. The van der Waals surface area contributed by atoms with Crippen LogP contribution < -0.4 is 0 Å². The number of aromatic amines is 1. The largest absolute Gasteiger partial charge is 0.445 e. The van der Waals surface area contributed by atoms with Crippen molar-refractivity contribution in [1.82, 2.24) is 15.1 Å². The molecular formula is C20H24ClN3O2S. The average Bonchev–Trinajstić information content (AvgIpc) is 3.36. The molecule has 2 bridgehead atoms. The van der Waals surface area contributed by atoms with Gasteiger partial charge in [0.05, 0.1) is 10.0 Å². The average molecular weight is 406 g/mol. The van der Waals surface area contributed by atoms with Crippen LogP contribution in [0.3, 0.4) is 0 Å². The number of piperidine rings is 1. The summed E-state index contributed by atoms with van der Waals surface area (Å²) < 4.78 is 6.11. The molecule has 2 aliphatic heterocycles. The van der Waals surface area contributed by atoms with E-state index in [1.54, 1.807) is 17.4 Å². The first-order chi connectivity index (χ1) is 13.1. The summed E-state index contributed by atoms with van der Waals surface area (Å²) >= 11 is 7.63. The summed E-state index contributed by atoms with van der Waals surface area (Å²) in [6.45, 7) is 3.88. The van der Waals surface area contributed by atoms with Crippen molar-refractivity contribution in [3.63, 3.8) is 0 Å². The number of fused-ring (bicyclic) bond motifs is 2. The molecule has 1 amide bonds. The second-order valence-electron chi connectivity index (χ2n) is 7.35. The molecule has 0 spiro atoms. The van der Waals surface area contributed by atoms with Crippen molar-refractivity contribution in [2.75, 3.05) is 6.61 Å². The molecule has 0 radical (unpaired) electrons. The predicted octanol–water partition coefficient (Wildman–Crippen LogP) is 4.94. The van der Waals surface area contributed by atoms with Crippen molar-refractivity contribution >= 4 is 29.0 Å². The Labute approximate surface area is 168 Å². The third-order valence-corrected chi connectivity index (χ3v) is 6.90. The lowest BCUT2D eigenvalue weighted by molar-refractivity contribution is 0.0723. The van der Waals surface area contributed by atoms with Gasteiger partial charge in [-0.1, -0.05) is 24.3 Å². The van der Waals surface area contributed by atoms with Gasteiger partial charge >= 0.3 is 6.09 Å². The Morgan fingerprint density at radius 3 is 2.81 bits per heavy atom. The number of nitrogens with one attached hydrogen (secondary N) is 1. The van der Waals surface area contributed by atoms with Gasteiger partial charge in [-0.25, -0.2) is 4.79 Å². The summed E-state index contributed by atoms with van der Waals surface area (Å²) in [5.41, 5.74) is 2.29. The van der Waals surface area contributed by atoms with E-state index >= 15 is 0 Å². The van der Waals surface area contributed by atoms with E-state index < -0.39 is 0 Å². The van der Waals surface area contributed by atoms with E-state index in [1.807, 2.05) is 11.0 Å². The number of carbonyl (C=O) groups excluding carboxylic acids is 1. The molecule has 2 fully saturated rings. The van der Waals surface area contributed by atoms with Crippen LogP contribution in [-0.2, 0) is 17.6 Å². The number of nitrogens with zero attached hydrogens (tertiary/aromatic N) is 2. The molecule has 2 unspecified atom stereocenters. The molecule has 7 heteroatoms. The lowest BCUT2D eigenvalue weighted by atomic mass is 9.88. The molecule has 2 aliphatic rings. The predicted molar refractivity (Wildman–Crippen MR) is 107 cm³/mol. The maximum atomic E-state index is 12.3. The van der Waals surface area contributed by atoms with E-state index in [-0.39, 0.29) is 24.8 Å². The minimum Gasteiger partial charge on any atom is -0.445 e. The molecule has 27 heavy (non-hydrogen) atoms. The summed E-state index contributed by atoms with van der Waals surface area (Å²) in [4.78, 5) is 15.6. The Kier molecular flexibility index (Phi) is 5.55. The van der Waals surface area contributed by atoms with Crippen molar-refractivity contribution in [3.8, 4) is 0 Å². The van der Waals surface area contributed by atoms with E-state index in [1.165, 1.54) is 4.88 Å². The Hall–Kier alpha value is -1.79. The van der Waals surface area contributed by atoms with Crippen LogP contribution in [0.5, 0.6) is 0 Å². The van der Waals surface area contributed by atoms with Crippen molar-refractivity contribution in [2.45, 2.75) is 56.5 Å². The van der Waals surface area contributed by atoms with E-state index in [0.29, 0.717) is 5.92 Å². The SMILES string of the molecule is C=CCOC(=O)N1C2CCC1CC(c1cc(CCc3ccc(Cl)s3)[nH]n1)C2. The summed E-state index contributed by atoms with van der Waals surface area (Å²) in [6, 6.07) is 6.76. The van der Waals surface area contributed by atoms with Gasteiger partial charge in [0.15, 0.2) is 0 Å². The third kappa shape index (κ3) is 4.06. The van der Waals surface area contributed by atoms with Gasteiger partial charge in [0.25, 0.3) is 0 Å². The molecule has 4 heterocycles. The summed E-state index contributed by atoms with van der Waals surface area (Å²) in [5, 5.41) is 7.78. The van der Waals surface area contributed by atoms with Crippen LogP contribution in [-0.4, -0.2) is 39.9 Å². The number of aryl methyl sites for hydroxylation is 2. The standard InChI is InChI=1S/C20H24ClN3O2S/c1-2-9-26-20(25)24-15-4-5-16(24)11-13(10-15)18-12-14(22-23-18)3-6-17-7-8-19(21)27-17/h2,7-8,12-13,15-16H,1,3-6,9-11H2,(H,22,23). The molecule has 5 nitrogen and oxygen atoms in total. The highest BCUT2D eigenvalue weighted by molar-refractivity contribution is 7.16. The van der Waals surface area contributed by atoms with Crippen LogP contribution >= 0.6 is 22.9 Å². The smallest absolute Gasteiger partial charge is 0.410 e. The van der Waals surface area contributed by atoms with Gasteiger partial charge in [0, 0.05) is 28.6 Å². The number of ether oxygens (including phenoxy) is 1. The number of aromatic nitrogens is 2. The molecule has 1 N–H and O–H groups in total. The Bertz CT molecular complexity index is 804. The summed E-state index contributed by atoms with van der Waals surface area (Å²) in [7, 11) is 0. The highest BCUT2D eigenvalue weighted by Crippen LogP contribution is 2.43. The minimum absolute atomic E-state index is 0.196. The van der Waals surface area contributed by atoms with E-state index in [9.17, 15) is 4.79 Å². The number of carbonyl (C=O) groups is 1. The minimum atomic E-state index is -0.196. The zero-order valence-corrected chi connectivity index (χ0v) is 16.8. The second kappa shape index (κ2) is 8.07. The molecule has 0 aliphatic carbocycles. The Balaban J connectivity index is 1.36. The van der Waals surface area contributed by atoms with E-state index in [2.05, 4.69) is 28.9 Å². The third-order valence-electron chi connectivity index (χ3n) is 5.61. The zero-order valence-electron chi connectivity index (χ0n) is 15.2. The number of rotatable bonds is 6. The zero-order chi connectivity index (χ0) is 18.8. The normalized spacial score (nSPS) is 24.2. The number of amides is 1. The molecule has 2 aromatic rings. The Morgan fingerprint density at radius 2 is 2.15 bits per heavy atom. The van der Waals surface area contributed by atoms with E-state index in [4.69, 9.17) is 16.3 Å². The first-order valence-electron chi connectivity index (χ1n) is 9.48. The number of thiophene rings is 1. The topological polar surface area (TPSA) is 58.2 Å². The number of H-pyrrole nitrogens is 1. The van der Waals surface area contributed by atoms with Crippen LogP contribution in [0.25, 0.3) is 0 Å². The van der Waals surface area contributed by atoms with E-state index in [0.717, 1.165) is 54.2 Å². The fraction of sp³-hybridized carbons (Fsp3) is 0.500. The van der Waals surface area contributed by atoms with Crippen LogP contribution in [0.1, 0.15) is 47.9 Å². The van der Waals surface area contributed by atoms with Gasteiger partial charge in [0.2, 0.25) is 0 Å². The highest BCUT2D eigenvalue weighted by atomic mass is 35.5. The van der Waals surface area contributed by atoms with Crippen molar-refractivity contribution < 1.29 is 9.53 Å². The first kappa shape index (κ1) is 18.6. The van der Waals surface area contributed by atoms with Gasteiger partial charge in [-0.2, -0.15) is 5.10 Å². The Morgan fingerprint density at radius 1 is 1.37 bits per heavy atom. The number of halogens is 1. The molecule has 4 rings (SSSR count). The quantitative estimate of drug-likeness (QED) is 0.692. The molecule has 2 atom stereocenters. The van der Waals surface area contributed by atoms with Gasteiger partial charge in [-0.05, 0) is 56.7 Å². The summed E-state index contributed by atoms with van der Waals surface area (Å²) in [5.74, 6) is 0.409. The second-order valence-corrected chi connectivity index (χ2v) is 9.15. The maximum Gasteiger partial charge on any atom is 0.410 e. The van der Waals surface area contributed by atoms with Gasteiger partial charge in [-0.15, -0.1) is 11.3 Å². The fourth-order valence-corrected chi connectivity index (χ4v) is 5.47. The summed E-state index contributed by atoms with van der Waals surface area (Å²) in [6.07, 6.45) is 7.36. The maximum absolute atomic E-state index is 12.3. The van der Waals surface area contributed by atoms with Crippen LogP contribution in [0.4, 0.5) is 4.79 Å². The molecule has 2 saturated heterocycles. The molecule has 144 valence electrons. The molecule has 2 aromatic heterocycles. The first-order valence-corrected chi connectivity index (χ1v) is 10.7. The van der Waals surface area contributed by atoms with Gasteiger partial charge in [-0.3, -0.25) is 5.10 Å². The fourth-order valence-electron chi connectivity index (χ4n) is 4.38. The van der Waals surface area contributed by atoms with Crippen molar-refractivity contribution in [2.24, 2.45) is 0 Å². The van der Waals surface area contributed by atoms with Gasteiger partial charge < -0.3 is 9.64 Å². The lowest BCUT2D eigenvalue weighted by Gasteiger charge is -2.37. The van der Waals surface area contributed by atoms with Crippen LogP contribution in [0.15, 0.2) is 30.9 Å². The highest BCUT2D eigenvalue weighted by Gasteiger charge is 2.44. The van der Waals surface area contributed by atoms with Crippen LogP contribution in [0.2, 0.25) is 4.34 Å². The number of hydrogen-bond acceptors (Lipinski definition) is 4. The number of hydrogen-bond donors (Lipinski definition) is 1. The van der Waals surface area contributed by atoms with Crippen LogP contribution in [0, 0.1) is 0 Å². The van der Waals surface area contributed by atoms with Crippen molar-refractivity contribution in [1.29, 1.82) is 0 Å². The lowest BCUT2D eigenvalue weighted by Crippen LogP contribution is -2.46. The van der Waals surface area contributed by atoms with Crippen molar-refractivity contribution in [3.05, 3.63) is 51.5 Å². The molecule has 0 aromatic carbocycles.